The molecule has 1 amide bonds. The second-order valence-corrected chi connectivity index (χ2v) is 3.53. The molecule has 6 nitrogen and oxygen atoms in total. The Labute approximate surface area is 105 Å². The Bertz CT molecular complexity index is 387. The Balaban J connectivity index is 2.52. The summed E-state index contributed by atoms with van der Waals surface area (Å²) in [4.78, 5) is 19.0. The number of hydrogen-bond donors (Lipinski definition) is 2. The fourth-order valence-corrected chi connectivity index (χ4v) is 1.45. The van der Waals surface area contributed by atoms with Gasteiger partial charge in [0.05, 0.1) is 7.11 Å². The number of hydrogen-bond acceptors (Lipinski definition) is 5. The van der Waals surface area contributed by atoms with E-state index in [1.54, 1.807) is 0 Å². The highest BCUT2D eigenvalue weighted by molar-refractivity contribution is 6.31. The van der Waals surface area contributed by atoms with Crippen LogP contribution < -0.4 is 15.4 Å². The number of halogens is 1. The van der Waals surface area contributed by atoms with E-state index in [4.69, 9.17) is 16.3 Å². The predicted octanol–water partition coefficient (Wildman–Crippen LogP) is 1.08. The normalized spacial score (nSPS) is 9.82. The van der Waals surface area contributed by atoms with E-state index in [-0.39, 0.29) is 11.1 Å². The number of carbonyl (C=O) groups is 1. The van der Waals surface area contributed by atoms with Crippen molar-refractivity contribution in [1.29, 1.82) is 0 Å². The lowest BCUT2D eigenvalue weighted by atomic mass is 10.4. The maximum atomic E-state index is 11.2. The van der Waals surface area contributed by atoms with Gasteiger partial charge >= 0.3 is 0 Å². The maximum Gasteiger partial charge on any atom is 0.221 e. The van der Waals surface area contributed by atoms with Crippen LogP contribution in [0.15, 0.2) is 6.33 Å². The number of amides is 1. The van der Waals surface area contributed by atoms with Gasteiger partial charge in [-0.05, 0) is 6.92 Å². The van der Waals surface area contributed by atoms with Crippen molar-refractivity contribution in [3.63, 3.8) is 0 Å². The largest absolute Gasteiger partial charge is 0.490 e. The van der Waals surface area contributed by atoms with Gasteiger partial charge < -0.3 is 15.4 Å². The van der Waals surface area contributed by atoms with Gasteiger partial charge in [-0.25, -0.2) is 9.97 Å². The predicted molar refractivity (Wildman–Crippen MR) is 65.4 cm³/mol. The number of aromatic nitrogens is 2. The third-order valence-electron chi connectivity index (χ3n) is 1.98. The first-order valence-corrected chi connectivity index (χ1v) is 5.61. The van der Waals surface area contributed by atoms with Gasteiger partial charge in [0, 0.05) is 19.5 Å². The Hall–Kier alpha value is -1.56. The van der Waals surface area contributed by atoms with Crippen LogP contribution in [0.3, 0.4) is 0 Å². The molecular formula is C10H15ClN4O2. The van der Waals surface area contributed by atoms with Gasteiger partial charge in [0.1, 0.15) is 6.33 Å². The first kappa shape index (κ1) is 13.5. The minimum Gasteiger partial charge on any atom is -0.490 e. The molecule has 94 valence electrons. The van der Waals surface area contributed by atoms with Crippen LogP contribution >= 0.6 is 11.6 Å². The summed E-state index contributed by atoms with van der Waals surface area (Å²) >= 11 is 5.83. The number of nitrogens with one attached hydrogen (secondary N) is 2. The summed E-state index contributed by atoms with van der Waals surface area (Å²) in [7, 11) is 1.49. The molecule has 0 fully saturated rings. The lowest BCUT2D eigenvalue weighted by Gasteiger charge is -2.10. The average Bonchev–Trinajstić information content (AvgIpc) is 2.29. The lowest BCUT2D eigenvalue weighted by molar-refractivity contribution is -0.120. The summed E-state index contributed by atoms with van der Waals surface area (Å²) in [5, 5.41) is 5.91. The average molecular weight is 259 g/mol. The van der Waals surface area contributed by atoms with E-state index in [0.717, 1.165) is 0 Å². The molecular weight excluding hydrogens is 244 g/mol. The van der Waals surface area contributed by atoms with Crippen molar-refractivity contribution in [3.8, 4) is 5.75 Å². The van der Waals surface area contributed by atoms with Crippen molar-refractivity contribution in [1.82, 2.24) is 15.3 Å². The second kappa shape index (κ2) is 6.90. The Morgan fingerprint density at radius 1 is 1.53 bits per heavy atom. The van der Waals surface area contributed by atoms with Gasteiger partial charge in [-0.15, -0.1) is 0 Å². The van der Waals surface area contributed by atoms with Crippen LogP contribution in [0.4, 0.5) is 5.82 Å². The minimum absolute atomic E-state index is 0.0147. The second-order valence-electron chi connectivity index (χ2n) is 3.18. The summed E-state index contributed by atoms with van der Waals surface area (Å²) in [5.74, 6) is 0.848. The number of anilines is 1. The van der Waals surface area contributed by atoms with E-state index < -0.39 is 0 Å². The Morgan fingerprint density at radius 3 is 2.94 bits per heavy atom. The molecule has 0 aliphatic heterocycles. The van der Waals surface area contributed by atoms with Gasteiger partial charge in [-0.3, -0.25) is 4.79 Å². The maximum absolute atomic E-state index is 11.2. The molecule has 2 N–H and O–H groups in total. The molecule has 0 aliphatic carbocycles. The first-order chi connectivity index (χ1) is 8.19. The summed E-state index contributed by atoms with van der Waals surface area (Å²) in [5.41, 5.74) is 0. The van der Waals surface area contributed by atoms with Crippen molar-refractivity contribution < 1.29 is 9.53 Å². The molecule has 1 rings (SSSR count). The van der Waals surface area contributed by atoms with Crippen molar-refractivity contribution >= 4 is 23.3 Å². The molecule has 0 atom stereocenters. The zero-order chi connectivity index (χ0) is 12.7. The van der Waals surface area contributed by atoms with Crippen LogP contribution in [-0.2, 0) is 4.79 Å². The zero-order valence-corrected chi connectivity index (χ0v) is 10.5. The number of carbonyl (C=O) groups excluding carboxylic acids is 1. The lowest BCUT2D eigenvalue weighted by Crippen LogP contribution is -2.24. The fourth-order valence-electron chi connectivity index (χ4n) is 1.24. The third-order valence-corrected chi connectivity index (χ3v) is 2.25. The van der Waals surface area contributed by atoms with Crippen LogP contribution in [0.2, 0.25) is 5.15 Å². The van der Waals surface area contributed by atoms with Gasteiger partial charge in [-0.2, -0.15) is 0 Å². The zero-order valence-electron chi connectivity index (χ0n) is 9.79. The fraction of sp³-hybridized carbons (Fsp3) is 0.500. The SMILES string of the molecule is CCNC(=O)CCNc1ncnc(Cl)c1OC. The molecule has 7 heteroatoms. The topological polar surface area (TPSA) is 76.1 Å². The highest BCUT2D eigenvalue weighted by atomic mass is 35.5. The van der Waals surface area contributed by atoms with Crippen LogP contribution in [0.5, 0.6) is 5.75 Å². The minimum atomic E-state index is -0.0147. The molecule has 1 aromatic rings. The summed E-state index contributed by atoms with van der Waals surface area (Å²) in [6.07, 6.45) is 1.69. The molecule has 17 heavy (non-hydrogen) atoms. The molecule has 1 heterocycles. The van der Waals surface area contributed by atoms with E-state index in [0.29, 0.717) is 31.1 Å². The van der Waals surface area contributed by atoms with Crippen LogP contribution in [0, 0.1) is 0 Å². The van der Waals surface area contributed by atoms with Crippen LogP contribution in [0.1, 0.15) is 13.3 Å². The number of ether oxygens (including phenoxy) is 1. The van der Waals surface area contributed by atoms with Crippen LogP contribution in [0.25, 0.3) is 0 Å². The summed E-state index contributed by atoms with van der Waals surface area (Å²) in [6.45, 7) is 2.95. The van der Waals surface area contributed by atoms with E-state index >= 15 is 0 Å². The van der Waals surface area contributed by atoms with E-state index in [1.165, 1.54) is 13.4 Å². The van der Waals surface area contributed by atoms with Crippen molar-refractivity contribution in [2.45, 2.75) is 13.3 Å². The molecule has 0 unspecified atom stereocenters. The summed E-state index contributed by atoms with van der Waals surface area (Å²) < 4.78 is 5.06. The van der Waals surface area contributed by atoms with E-state index in [1.807, 2.05) is 6.92 Å². The molecule has 0 saturated heterocycles. The number of rotatable bonds is 6. The smallest absolute Gasteiger partial charge is 0.221 e. The molecule has 0 aromatic carbocycles. The first-order valence-electron chi connectivity index (χ1n) is 5.24. The van der Waals surface area contributed by atoms with Gasteiger partial charge in [0.15, 0.2) is 16.7 Å². The Morgan fingerprint density at radius 2 is 2.29 bits per heavy atom. The highest BCUT2D eigenvalue weighted by Crippen LogP contribution is 2.27. The monoisotopic (exact) mass is 258 g/mol. The van der Waals surface area contributed by atoms with Crippen molar-refractivity contribution in [2.24, 2.45) is 0 Å². The van der Waals surface area contributed by atoms with Gasteiger partial charge in [-0.1, -0.05) is 11.6 Å². The van der Waals surface area contributed by atoms with Gasteiger partial charge in [0.2, 0.25) is 5.91 Å². The van der Waals surface area contributed by atoms with Crippen molar-refractivity contribution in [3.05, 3.63) is 11.5 Å². The molecule has 1 aromatic heterocycles. The molecule has 0 aliphatic rings. The van der Waals surface area contributed by atoms with Gasteiger partial charge in [0.25, 0.3) is 0 Å². The standard InChI is InChI=1S/C10H15ClN4O2/c1-3-12-7(16)4-5-13-10-8(17-2)9(11)14-6-15-10/h6H,3-5H2,1-2H3,(H,12,16)(H,13,14,15). The molecule has 0 radical (unpaired) electrons. The van der Waals surface area contributed by atoms with E-state index in [2.05, 4.69) is 20.6 Å². The van der Waals surface area contributed by atoms with Crippen LogP contribution in [-0.4, -0.2) is 36.1 Å². The third kappa shape index (κ3) is 4.07. The number of nitrogens with zero attached hydrogens (tertiary/aromatic N) is 2. The Kier molecular flexibility index (Phi) is 5.48. The molecule has 0 saturated carbocycles. The number of methoxy groups -OCH3 is 1. The molecule has 0 bridgehead atoms. The van der Waals surface area contributed by atoms with Crippen molar-refractivity contribution in [2.75, 3.05) is 25.5 Å². The quantitative estimate of drug-likeness (QED) is 0.747. The summed E-state index contributed by atoms with van der Waals surface area (Å²) in [6, 6.07) is 0. The van der Waals surface area contributed by atoms with E-state index in [9.17, 15) is 4.79 Å². The highest BCUT2D eigenvalue weighted by Gasteiger charge is 2.09. The molecule has 0 spiro atoms.